The molecule has 0 aliphatic carbocycles. The first-order chi connectivity index (χ1) is 7.70. The summed E-state index contributed by atoms with van der Waals surface area (Å²) in [5.74, 6) is 1.38. The van der Waals surface area contributed by atoms with E-state index < -0.39 is 10.8 Å². The first kappa shape index (κ1) is 11.1. The number of nitrogens with two attached hydrogens (primary N) is 1. The lowest BCUT2D eigenvalue weighted by molar-refractivity contribution is 0.676. The maximum Gasteiger partial charge on any atom is 0.0958 e. The van der Waals surface area contributed by atoms with Gasteiger partial charge in [-0.05, 0) is 18.2 Å². The third kappa shape index (κ3) is 2.24. The van der Waals surface area contributed by atoms with Crippen molar-refractivity contribution in [2.45, 2.75) is 13.5 Å². The van der Waals surface area contributed by atoms with Gasteiger partial charge < -0.3 is 10.3 Å². The number of rotatable bonds is 4. The molecule has 0 radical (unpaired) electrons. The fraction of sp³-hybridized carbons (Fsp3) is 0.364. The van der Waals surface area contributed by atoms with Crippen LogP contribution in [-0.4, -0.2) is 25.3 Å². The molecule has 0 spiro atoms. The van der Waals surface area contributed by atoms with Gasteiger partial charge in [-0.3, -0.25) is 4.21 Å². The number of nitrogen functional groups attached to an aromatic ring is 1. The molecule has 0 aliphatic heterocycles. The van der Waals surface area contributed by atoms with Crippen molar-refractivity contribution < 1.29 is 4.21 Å². The summed E-state index contributed by atoms with van der Waals surface area (Å²) in [7, 11) is -0.732. The summed E-state index contributed by atoms with van der Waals surface area (Å²) in [6, 6.07) is 5.66. The minimum Gasteiger partial charge on any atom is -0.399 e. The number of aromatic nitrogens is 2. The Kier molecular flexibility index (Phi) is 3.24. The third-order valence-electron chi connectivity index (χ3n) is 2.53. The van der Waals surface area contributed by atoms with Gasteiger partial charge in [-0.15, -0.1) is 0 Å². The second-order valence-corrected chi connectivity index (χ2v) is 5.48. The molecule has 1 aromatic carbocycles. The zero-order valence-corrected chi connectivity index (χ0v) is 10.0. The van der Waals surface area contributed by atoms with Crippen molar-refractivity contribution in [3.8, 4) is 0 Å². The van der Waals surface area contributed by atoms with E-state index in [0.717, 1.165) is 23.3 Å². The summed E-state index contributed by atoms with van der Waals surface area (Å²) in [5.41, 5.74) is 8.33. The SMILES string of the molecule is CCS(=O)CCn1cnc2cc(N)ccc21. The van der Waals surface area contributed by atoms with Crippen LogP contribution in [0, 0.1) is 0 Å². The van der Waals surface area contributed by atoms with Crippen LogP contribution in [0.2, 0.25) is 0 Å². The van der Waals surface area contributed by atoms with E-state index in [9.17, 15) is 4.21 Å². The van der Waals surface area contributed by atoms with Crippen LogP contribution in [0.4, 0.5) is 5.69 Å². The molecule has 0 bridgehead atoms. The van der Waals surface area contributed by atoms with Crippen LogP contribution < -0.4 is 5.73 Å². The Bertz CT molecular complexity index is 521. The summed E-state index contributed by atoms with van der Waals surface area (Å²) < 4.78 is 13.4. The van der Waals surface area contributed by atoms with E-state index >= 15 is 0 Å². The standard InChI is InChI=1S/C11H15N3OS/c1-2-16(15)6-5-14-8-13-10-7-9(12)3-4-11(10)14/h3-4,7-8H,2,5-6,12H2,1H3. The Labute approximate surface area is 96.9 Å². The quantitative estimate of drug-likeness (QED) is 0.817. The molecular formula is C11H15N3OS. The summed E-state index contributed by atoms with van der Waals surface area (Å²) in [4.78, 5) is 4.27. The average molecular weight is 237 g/mol. The number of benzene rings is 1. The Hall–Kier alpha value is -1.36. The summed E-state index contributed by atoms with van der Waals surface area (Å²) in [6.45, 7) is 2.67. The highest BCUT2D eigenvalue weighted by Gasteiger charge is 2.03. The molecule has 1 atom stereocenters. The van der Waals surface area contributed by atoms with E-state index in [4.69, 9.17) is 5.73 Å². The molecule has 0 fully saturated rings. The van der Waals surface area contributed by atoms with E-state index in [2.05, 4.69) is 4.98 Å². The molecule has 0 aliphatic rings. The van der Waals surface area contributed by atoms with Gasteiger partial charge in [0.1, 0.15) is 0 Å². The van der Waals surface area contributed by atoms with Gasteiger partial charge in [0, 0.05) is 34.5 Å². The normalized spacial score (nSPS) is 13.1. The minimum atomic E-state index is -0.732. The van der Waals surface area contributed by atoms with E-state index in [1.54, 1.807) is 6.33 Å². The number of nitrogens with zero attached hydrogens (tertiary/aromatic N) is 2. The average Bonchev–Trinajstić information content (AvgIpc) is 2.68. The van der Waals surface area contributed by atoms with Gasteiger partial charge in [0.25, 0.3) is 0 Å². The molecule has 2 aromatic rings. The van der Waals surface area contributed by atoms with Crippen LogP contribution in [0.3, 0.4) is 0 Å². The van der Waals surface area contributed by atoms with Crippen LogP contribution >= 0.6 is 0 Å². The molecule has 1 unspecified atom stereocenters. The highest BCUT2D eigenvalue weighted by molar-refractivity contribution is 7.84. The predicted octanol–water partition coefficient (Wildman–Crippen LogP) is 1.39. The van der Waals surface area contributed by atoms with Crippen molar-refractivity contribution in [3.63, 3.8) is 0 Å². The minimum absolute atomic E-state index is 0.673. The van der Waals surface area contributed by atoms with Crippen molar-refractivity contribution >= 4 is 27.5 Å². The predicted molar refractivity (Wildman–Crippen MR) is 67.7 cm³/mol. The second kappa shape index (κ2) is 4.65. The number of fused-ring (bicyclic) bond motifs is 1. The molecular weight excluding hydrogens is 222 g/mol. The molecule has 1 heterocycles. The molecule has 5 heteroatoms. The number of aryl methyl sites for hydroxylation is 1. The number of hydrogen-bond donors (Lipinski definition) is 1. The Morgan fingerprint density at radius 3 is 3.06 bits per heavy atom. The molecule has 16 heavy (non-hydrogen) atoms. The van der Waals surface area contributed by atoms with Gasteiger partial charge in [-0.25, -0.2) is 4.98 Å². The van der Waals surface area contributed by atoms with Crippen LogP contribution in [0.15, 0.2) is 24.5 Å². The molecule has 2 rings (SSSR count). The number of imidazole rings is 1. The highest BCUT2D eigenvalue weighted by atomic mass is 32.2. The van der Waals surface area contributed by atoms with Crippen LogP contribution in [0.5, 0.6) is 0 Å². The van der Waals surface area contributed by atoms with Gasteiger partial charge in [0.2, 0.25) is 0 Å². The molecule has 0 amide bonds. The molecule has 1 aromatic heterocycles. The van der Waals surface area contributed by atoms with Crippen LogP contribution in [0.1, 0.15) is 6.92 Å². The summed E-state index contributed by atoms with van der Waals surface area (Å²) in [6.07, 6.45) is 1.77. The Morgan fingerprint density at radius 2 is 2.31 bits per heavy atom. The maximum absolute atomic E-state index is 11.4. The fourth-order valence-corrected chi connectivity index (χ4v) is 2.29. The van der Waals surface area contributed by atoms with E-state index in [0.29, 0.717) is 11.5 Å². The number of hydrogen-bond acceptors (Lipinski definition) is 3. The molecule has 4 nitrogen and oxygen atoms in total. The Morgan fingerprint density at radius 1 is 1.50 bits per heavy atom. The summed E-state index contributed by atoms with van der Waals surface area (Å²) in [5, 5.41) is 0. The molecule has 0 saturated carbocycles. The van der Waals surface area contributed by atoms with Crippen LogP contribution in [0.25, 0.3) is 11.0 Å². The molecule has 0 saturated heterocycles. The number of anilines is 1. The topological polar surface area (TPSA) is 60.9 Å². The fourth-order valence-electron chi connectivity index (χ4n) is 1.60. The maximum atomic E-state index is 11.4. The first-order valence-corrected chi connectivity index (χ1v) is 6.75. The van der Waals surface area contributed by atoms with Crippen molar-refractivity contribution in [1.82, 2.24) is 9.55 Å². The van der Waals surface area contributed by atoms with Gasteiger partial charge in [-0.2, -0.15) is 0 Å². The molecule has 86 valence electrons. The van der Waals surface area contributed by atoms with Crippen LogP contribution in [-0.2, 0) is 17.3 Å². The van der Waals surface area contributed by atoms with Gasteiger partial charge >= 0.3 is 0 Å². The Balaban J connectivity index is 2.22. The smallest absolute Gasteiger partial charge is 0.0958 e. The highest BCUT2D eigenvalue weighted by Crippen LogP contribution is 2.15. The molecule has 2 N–H and O–H groups in total. The third-order valence-corrected chi connectivity index (χ3v) is 3.81. The largest absolute Gasteiger partial charge is 0.399 e. The van der Waals surface area contributed by atoms with Gasteiger partial charge in [0.15, 0.2) is 0 Å². The van der Waals surface area contributed by atoms with E-state index in [-0.39, 0.29) is 0 Å². The summed E-state index contributed by atoms with van der Waals surface area (Å²) >= 11 is 0. The van der Waals surface area contributed by atoms with Crippen molar-refractivity contribution in [1.29, 1.82) is 0 Å². The van der Waals surface area contributed by atoms with Crippen molar-refractivity contribution in [3.05, 3.63) is 24.5 Å². The monoisotopic (exact) mass is 237 g/mol. The lowest BCUT2D eigenvalue weighted by Crippen LogP contribution is -2.07. The van der Waals surface area contributed by atoms with Crippen molar-refractivity contribution in [2.75, 3.05) is 17.2 Å². The lowest BCUT2D eigenvalue weighted by atomic mass is 10.3. The zero-order chi connectivity index (χ0) is 11.5. The van der Waals surface area contributed by atoms with E-state index in [1.165, 1.54) is 0 Å². The first-order valence-electron chi connectivity index (χ1n) is 5.26. The van der Waals surface area contributed by atoms with Crippen molar-refractivity contribution in [2.24, 2.45) is 0 Å². The van der Waals surface area contributed by atoms with E-state index in [1.807, 2.05) is 29.7 Å². The van der Waals surface area contributed by atoms with Gasteiger partial charge in [0.05, 0.1) is 17.4 Å². The second-order valence-electron chi connectivity index (χ2n) is 3.62. The zero-order valence-electron chi connectivity index (χ0n) is 9.22. The van der Waals surface area contributed by atoms with Gasteiger partial charge in [-0.1, -0.05) is 6.92 Å². The lowest BCUT2D eigenvalue weighted by Gasteiger charge is -2.03.